The van der Waals surface area contributed by atoms with Crippen molar-refractivity contribution in [2.24, 2.45) is 0 Å². The molecule has 0 unspecified atom stereocenters. The second-order valence-corrected chi connectivity index (χ2v) is 8.91. The lowest BCUT2D eigenvalue weighted by atomic mass is 10.1. The minimum atomic E-state index is -0.229. The molecule has 1 fully saturated rings. The van der Waals surface area contributed by atoms with Crippen molar-refractivity contribution in [1.29, 1.82) is 0 Å². The summed E-state index contributed by atoms with van der Waals surface area (Å²) in [6, 6.07) is 23.3. The Labute approximate surface area is 212 Å². The lowest BCUT2D eigenvalue weighted by Crippen LogP contribution is -2.48. The van der Waals surface area contributed by atoms with Crippen LogP contribution in [0.5, 0.6) is 0 Å². The van der Waals surface area contributed by atoms with Crippen LogP contribution in [0.2, 0.25) is 0 Å². The second-order valence-electron chi connectivity index (χ2n) is 8.91. The Bertz CT molecular complexity index is 1120. The van der Waals surface area contributed by atoms with E-state index in [1.54, 1.807) is 4.90 Å². The zero-order chi connectivity index (χ0) is 25.3. The molecule has 1 saturated heterocycles. The molecule has 188 valence electrons. The normalized spacial score (nSPS) is 14.6. The van der Waals surface area contributed by atoms with E-state index < -0.39 is 0 Å². The van der Waals surface area contributed by atoms with Gasteiger partial charge in [0.15, 0.2) is 5.82 Å². The van der Waals surface area contributed by atoms with Gasteiger partial charge in [-0.05, 0) is 38.0 Å². The Morgan fingerprint density at radius 1 is 0.917 bits per heavy atom. The number of aromatic nitrogens is 2. The van der Waals surface area contributed by atoms with E-state index in [0.717, 1.165) is 35.6 Å². The van der Waals surface area contributed by atoms with Gasteiger partial charge in [0.1, 0.15) is 6.54 Å². The molecule has 1 aliphatic heterocycles. The number of carbonyl (C=O) groups is 2. The number of anilines is 1. The zero-order valence-corrected chi connectivity index (χ0v) is 21.0. The third-order valence-electron chi connectivity index (χ3n) is 6.54. The first kappa shape index (κ1) is 25.2. The van der Waals surface area contributed by atoms with E-state index in [9.17, 15) is 9.59 Å². The Kier molecular flexibility index (Phi) is 8.49. The molecule has 0 radical (unpaired) electrons. The summed E-state index contributed by atoms with van der Waals surface area (Å²) in [6.45, 7) is 7.06. The average molecular weight is 487 g/mol. The molecule has 1 aliphatic rings. The molecule has 4 rings (SSSR count). The first-order chi connectivity index (χ1) is 17.6. The van der Waals surface area contributed by atoms with Gasteiger partial charge < -0.3 is 20.0 Å². The fourth-order valence-electron chi connectivity index (χ4n) is 4.45. The molecule has 3 aromatic rings. The highest BCUT2D eigenvalue weighted by Crippen LogP contribution is 2.22. The Morgan fingerprint density at radius 3 is 2.31 bits per heavy atom. The van der Waals surface area contributed by atoms with Crippen molar-refractivity contribution in [2.75, 3.05) is 44.2 Å². The van der Waals surface area contributed by atoms with Crippen LogP contribution in [0.1, 0.15) is 31.9 Å². The summed E-state index contributed by atoms with van der Waals surface area (Å²) in [4.78, 5) is 31.8. The Hall–Kier alpha value is -3.94. The summed E-state index contributed by atoms with van der Waals surface area (Å²) >= 11 is 0. The van der Waals surface area contributed by atoms with Gasteiger partial charge in [-0.25, -0.2) is 4.79 Å². The quantitative estimate of drug-likeness (QED) is 0.546. The molecule has 0 aliphatic carbocycles. The topological polar surface area (TPSA) is 81.7 Å². The first-order valence-electron chi connectivity index (χ1n) is 12.6. The molecule has 2 aromatic carbocycles. The lowest BCUT2D eigenvalue weighted by molar-refractivity contribution is -0.132. The van der Waals surface area contributed by atoms with Crippen LogP contribution in [0.4, 0.5) is 10.6 Å². The summed E-state index contributed by atoms with van der Waals surface area (Å²) in [5.74, 6) is 0.766. The maximum Gasteiger partial charge on any atom is 0.318 e. The monoisotopic (exact) mass is 486 g/mol. The van der Waals surface area contributed by atoms with Crippen molar-refractivity contribution in [3.05, 3.63) is 78.4 Å². The number of nitrogens with one attached hydrogen (secondary N) is 1. The summed E-state index contributed by atoms with van der Waals surface area (Å²) in [5.41, 5.74) is 2.87. The molecular weight excluding hydrogens is 452 g/mol. The van der Waals surface area contributed by atoms with Crippen LogP contribution in [-0.2, 0) is 4.79 Å². The smallest absolute Gasteiger partial charge is 0.318 e. The highest BCUT2D eigenvalue weighted by atomic mass is 16.2. The van der Waals surface area contributed by atoms with E-state index in [4.69, 9.17) is 0 Å². The summed E-state index contributed by atoms with van der Waals surface area (Å²) in [6.07, 6.45) is 0.823. The average Bonchev–Trinajstić information content (AvgIpc) is 3.19. The van der Waals surface area contributed by atoms with E-state index in [-0.39, 0.29) is 24.5 Å². The molecule has 1 aromatic heterocycles. The van der Waals surface area contributed by atoms with Gasteiger partial charge in [-0.2, -0.15) is 0 Å². The van der Waals surface area contributed by atoms with Crippen LogP contribution in [-0.4, -0.2) is 71.2 Å². The molecule has 36 heavy (non-hydrogen) atoms. The fraction of sp³-hybridized carbons (Fsp3) is 0.357. The standard InChI is InChI=1S/C28H34N6O2/c1-3-29-28(36)34(22(2)23-11-6-4-7-12-23)21-27(35)33-18-10-17-32(19-20-33)26-16-15-25(30-31-26)24-13-8-5-9-14-24/h4-9,11-16,22H,3,10,17-21H2,1-2H3,(H,29,36)/t22-/m1/s1. The van der Waals surface area contributed by atoms with Gasteiger partial charge in [-0.3, -0.25) is 4.79 Å². The molecule has 1 atom stereocenters. The molecule has 2 heterocycles. The number of amides is 3. The number of carbonyl (C=O) groups excluding carboxylic acids is 2. The minimum absolute atomic E-state index is 0.0352. The molecule has 0 bridgehead atoms. The summed E-state index contributed by atoms with van der Waals surface area (Å²) < 4.78 is 0. The van der Waals surface area contributed by atoms with Gasteiger partial charge in [0.05, 0.1) is 11.7 Å². The number of rotatable bonds is 7. The first-order valence-corrected chi connectivity index (χ1v) is 12.6. The van der Waals surface area contributed by atoms with E-state index in [1.807, 2.05) is 91.5 Å². The van der Waals surface area contributed by atoms with Crippen LogP contribution in [0.3, 0.4) is 0 Å². The van der Waals surface area contributed by atoms with E-state index in [2.05, 4.69) is 20.4 Å². The zero-order valence-electron chi connectivity index (χ0n) is 21.0. The van der Waals surface area contributed by atoms with Gasteiger partial charge in [-0.15, -0.1) is 10.2 Å². The Morgan fingerprint density at radius 2 is 1.64 bits per heavy atom. The predicted molar refractivity (Wildman–Crippen MR) is 142 cm³/mol. The van der Waals surface area contributed by atoms with Gasteiger partial charge in [0.2, 0.25) is 5.91 Å². The van der Waals surface area contributed by atoms with Crippen molar-refractivity contribution in [2.45, 2.75) is 26.3 Å². The van der Waals surface area contributed by atoms with Gasteiger partial charge in [-0.1, -0.05) is 60.7 Å². The number of nitrogens with zero attached hydrogens (tertiary/aromatic N) is 5. The van der Waals surface area contributed by atoms with Crippen LogP contribution < -0.4 is 10.2 Å². The predicted octanol–water partition coefficient (Wildman–Crippen LogP) is 3.98. The van der Waals surface area contributed by atoms with E-state index in [1.165, 1.54) is 0 Å². The fourth-order valence-corrected chi connectivity index (χ4v) is 4.45. The molecule has 0 spiro atoms. The molecular formula is C28H34N6O2. The van der Waals surface area contributed by atoms with Crippen molar-refractivity contribution in [1.82, 2.24) is 25.3 Å². The maximum atomic E-state index is 13.3. The number of hydrogen-bond donors (Lipinski definition) is 1. The largest absolute Gasteiger partial charge is 0.353 e. The third kappa shape index (κ3) is 6.19. The van der Waals surface area contributed by atoms with Crippen molar-refractivity contribution in [3.8, 4) is 11.3 Å². The molecule has 1 N–H and O–H groups in total. The number of hydrogen-bond acceptors (Lipinski definition) is 5. The highest BCUT2D eigenvalue weighted by molar-refractivity contribution is 5.84. The SMILES string of the molecule is CCNC(=O)N(CC(=O)N1CCCN(c2ccc(-c3ccccc3)nn2)CC1)[C@H](C)c1ccccc1. The summed E-state index contributed by atoms with van der Waals surface area (Å²) in [7, 11) is 0. The second kappa shape index (κ2) is 12.2. The van der Waals surface area contributed by atoms with Gasteiger partial charge >= 0.3 is 6.03 Å². The van der Waals surface area contributed by atoms with Crippen LogP contribution in [0.15, 0.2) is 72.8 Å². The Balaban J connectivity index is 1.39. The van der Waals surface area contributed by atoms with Gasteiger partial charge in [0, 0.05) is 38.3 Å². The lowest BCUT2D eigenvalue weighted by Gasteiger charge is -2.31. The van der Waals surface area contributed by atoms with E-state index in [0.29, 0.717) is 26.2 Å². The highest BCUT2D eigenvalue weighted by Gasteiger charge is 2.27. The van der Waals surface area contributed by atoms with E-state index >= 15 is 0 Å². The van der Waals surface area contributed by atoms with Crippen molar-refractivity contribution >= 4 is 17.8 Å². The minimum Gasteiger partial charge on any atom is -0.353 e. The van der Waals surface area contributed by atoms with Crippen LogP contribution >= 0.6 is 0 Å². The number of urea groups is 1. The third-order valence-corrected chi connectivity index (χ3v) is 6.54. The van der Waals surface area contributed by atoms with Crippen LogP contribution in [0.25, 0.3) is 11.3 Å². The van der Waals surface area contributed by atoms with Crippen LogP contribution in [0, 0.1) is 0 Å². The maximum absolute atomic E-state index is 13.3. The molecule has 3 amide bonds. The van der Waals surface area contributed by atoms with Crippen molar-refractivity contribution in [3.63, 3.8) is 0 Å². The van der Waals surface area contributed by atoms with Crippen molar-refractivity contribution < 1.29 is 9.59 Å². The molecule has 0 saturated carbocycles. The van der Waals surface area contributed by atoms with Gasteiger partial charge in [0.25, 0.3) is 0 Å². The molecule has 8 nitrogen and oxygen atoms in total. The summed E-state index contributed by atoms with van der Waals surface area (Å²) in [5, 5.41) is 11.7. The number of benzene rings is 2. The molecule has 8 heteroatoms.